The third-order valence-electron chi connectivity index (χ3n) is 4.40. The number of fused-ring (bicyclic) bond motifs is 1. The van der Waals surface area contributed by atoms with E-state index in [1.54, 1.807) is 10.4 Å². The highest BCUT2D eigenvalue weighted by atomic mass is 127. The van der Waals surface area contributed by atoms with E-state index in [-0.39, 0.29) is 19.1 Å². The fraction of sp³-hybridized carbons (Fsp3) is 0.190. The van der Waals surface area contributed by atoms with Crippen LogP contribution >= 0.6 is 30.3 Å². The Labute approximate surface area is 185 Å². The molecule has 2 aromatic carbocycles. The normalized spacial score (nSPS) is 10.9. The molecule has 1 heterocycles. The van der Waals surface area contributed by atoms with E-state index < -0.39 is 5.97 Å². The van der Waals surface area contributed by atoms with Crippen LogP contribution in [0.3, 0.4) is 0 Å². The molecule has 1 aromatic heterocycles. The highest BCUT2D eigenvalue weighted by Gasteiger charge is 2.20. The molecule has 0 saturated carbocycles. The number of carbonyl (C=O) groups is 2. The maximum absolute atomic E-state index is 12.3. The predicted octanol–water partition coefficient (Wildman–Crippen LogP) is 4.66. The van der Waals surface area contributed by atoms with Gasteiger partial charge in [0, 0.05) is 26.8 Å². The van der Waals surface area contributed by atoms with Gasteiger partial charge >= 0.3 is 11.9 Å². The molecule has 0 aliphatic rings. The summed E-state index contributed by atoms with van der Waals surface area (Å²) < 4.78 is 11.4. The van der Waals surface area contributed by atoms with Crippen LogP contribution in [-0.2, 0) is 20.8 Å². The average molecular weight is 522 g/mol. The number of hydrogen-bond donors (Lipinski definition) is 0. The van der Waals surface area contributed by atoms with Crippen molar-refractivity contribution < 1.29 is 19.1 Å². The molecule has 0 bridgehead atoms. The molecule has 29 heavy (non-hydrogen) atoms. The zero-order chi connectivity index (χ0) is 20.8. The van der Waals surface area contributed by atoms with Gasteiger partial charge in [-0.05, 0) is 32.0 Å². The number of benzene rings is 2. The van der Waals surface area contributed by atoms with Gasteiger partial charge in [-0.2, -0.15) is 0 Å². The van der Waals surface area contributed by atoms with Gasteiger partial charge in [0.25, 0.3) is 0 Å². The van der Waals surface area contributed by atoms with E-state index in [2.05, 4.69) is 21.2 Å². The fourth-order valence-electron chi connectivity index (χ4n) is 3.00. The molecule has 0 N–H and O–H groups in total. The van der Waals surface area contributed by atoms with Gasteiger partial charge in [0.15, 0.2) is 0 Å². The van der Waals surface area contributed by atoms with Gasteiger partial charge in [-0.25, -0.2) is 9.10 Å². The van der Waals surface area contributed by atoms with E-state index in [0.717, 1.165) is 22.0 Å². The molecule has 0 fully saturated rings. The third kappa shape index (κ3) is 5.06. The Morgan fingerprint density at radius 2 is 1.79 bits per heavy atom. The van der Waals surface area contributed by atoms with Crippen LogP contribution in [0.2, 0.25) is 0 Å². The Hall–Kier alpha value is -2.17. The predicted molar refractivity (Wildman–Crippen MR) is 123 cm³/mol. The van der Waals surface area contributed by atoms with Crippen LogP contribution in [0.25, 0.3) is 22.0 Å². The van der Waals surface area contributed by atoms with Gasteiger partial charge in [0.2, 0.25) is 0 Å². The molecule has 0 radical (unpaired) electrons. The van der Waals surface area contributed by atoms with Crippen LogP contribution < -0.4 is 0 Å². The second-order valence-corrected chi connectivity index (χ2v) is 7.99. The van der Waals surface area contributed by atoms with Gasteiger partial charge in [-0.3, -0.25) is 9.78 Å². The number of esters is 2. The number of hydrogen-bond acceptors (Lipinski definition) is 7. The first kappa shape index (κ1) is 21.5. The molecule has 0 atom stereocenters. The third-order valence-corrected chi connectivity index (χ3v) is 6.53. The minimum atomic E-state index is -0.464. The highest BCUT2D eigenvalue weighted by molar-refractivity contribution is 14.2. The van der Waals surface area contributed by atoms with Crippen LogP contribution in [-0.4, -0.2) is 42.0 Å². The smallest absolute Gasteiger partial charge is 0.339 e. The van der Waals surface area contributed by atoms with Crippen LogP contribution in [0.1, 0.15) is 16.1 Å². The maximum atomic E-state index is 12.3. The quantitative estimate of drug-likeness (QED) is 0.254. The number of methoxy groups -OCH3 is 2. The molecule has 0 aliphatic heterocycles. The van der Waals surface area contributed by atoms with Crippen molar-refractivity contribution in [3.63, 3.8) is 0 Å². The van der Waals surface area contributed by atoms with Crippen molar-refractivity contribution in [2.45, 2.75) is 6.54 Å². The van der Waals surface area contributed by atoms with Crippen molar-refractivity contribution in [1.82, 2.24) is 9.29 Å². The lowest BCUT2D eigenvalue weighted by Crippen LogP contribution is -2.25. The summed E-state index contributed by atoms with van der Waals surface area (Å²) in [6.45, 7) is 0.358. The van der Waals surface area contributed by atoms with E-state index in [1.165, 1.54) is 23.3 Å². The Bertz CT molecular complexity index is 1040. The van der Waals surface area contributed by atoms with Crippen LogP contribution in [0, 0.1) is 0 Å². The Morgan fingerprint density at radius 3 is 2.52 bits per heavy atom. The molecule has 0 spiro atoms. The molecule has 0 amide bonds. The summed E-state index contributed by atoms with van der Waals surface area (Å²) in [5.74, 6) is -0.826. The summed E-state index contributed by atoms with van der Waals surface area (Å²) in [6, 6.07) is 17.7. The molecule has 3 aromatic rings. The fourth-order valence-corrected chi connectivity index (χ4v) is 4.16. The second kappa shape index (κ2) is 10.0. The van der Waals surface area contributed by atoms with Crippen molar-refractivity contribution in [2.24, 2.45) is 0 Å². The van der Waals surface area contributed by atoms with Crippen molar-refractivity contribution in [2.75, 3.05) is 20.8 Å². The number of rotatable bonds is 7. The lowest BCUT2D eigenvalue weighted by atomic mass is 10.0. The minimum Gasteiger partial charge on any atom is -0.468 e. The summed E-state index contributed by atoms with van der Waals surface area (Å²) in [4.78, 5) is 28.7. The van der Waals surface area contributed by atoms with Gasteiger partial charge in [0.1, 0.15) is 6.54 Å². The summed E-state index contributed by atoms with van der Waals surface area (Å²) in [5.41, 5.74) is 2.63. The number of halogens is 1. The number of ether oxygens (including phenoxy) is 2. The first-order valence-corrected chi connectivity index (χ1v) is 12.1. The van der Waals surface area contributed by atoms with E-state index in [4.69, 9.17) is 14.5 Å². The molecule has 0 unspecified atom stereocenters. The van der Waals surface area contributed by atoms with E-state index in [0.29, 0.717) is 11.3 Å². The van der Waals surface area contributed by atoms with Crippen LogP contribution in [0.15, 0.2) is 54.6 Å². The number of carbonyl (C=O) groups excluding carboxylic acids is 2. The lowest BCUT2D eigenvalue weighted by molar-refractivity contribution is -0.140. The summed E-state index contributed by atoms with van der Waals surface area (Å²) in [5, 5.41) is 2.19. The molecule has 0 aliphatic carbocycles. The number of pyridine rings is 1. The van der Waals surface area contributed by atoms with Gasteiger partial charge in [0.05, 0.1) is 37.7 Å². The topological polar surface area (TPSA) is 68.7 Å². The maximum Gasteiger partial charge on any atom is 0.339 e. The van der Waals surface area contributed by atoms with Crippen molar-refractivity contribution in [3.8, 4) is 11.3 Å². The Kier molecular flexibility index (Phi) is 7.45. The Morgan fingerprint density at radius 1 is 1.03 bits per heavy atom. The van der Waals surface area contributed by atoms with Gasteiger partial charge in [-0.15, -0.1) is 0 Å². The van der Waals surface area contributed by atoms with Crippen molar-refractivity contribution >= 4 is 53.0 Å². The SMILES string of the molecule is COC(=O)CN(Cc1nc(-c2cccc3ccccc23)ccc1C(=O)OC)SI. The lowest BCUT2D eigenvalue weighted by Gasteiger charge is -2.18. The summed E-state index contributed by atoms with van der Waals surface area (Å²) in [7, 11) is 4.03. The molecule has 8 heteroatoms. The average Bonchev–Trinajstić information content (AvgIpc) is 2.77. The minimum absolute atomic E-state index is 0.0743. The second-order valence-electron chi connectivity index (χ2n) is 6.15. The van der Waals surface area contributed by atoms with Crippen LogP contribution in [0.5, 0.6) is 0 Å². The largest absolute Gasteiger partial charge is 0.468 e. The molecular formula is C21H19IN2O4S. The van der Waals surface area contributed by atoms with Gasteiger partial charge in [-0.1, -0.05) is 42.5 Å². The molecular weight excluding hydrogens is 503 g/mol. The molecule has 150 valence electrons. The van der Waals surface area contributed by atoms with Gasteiger partial charge < -0.3 is 9.47 Å². The zero-order valence-corrected chi connectivity index (χ0v) is 18.9. The summed E-state index contributed by atoms with van der Waals surface area (Å²) in [6.07, 6.45) is 0. The van der Waals surface area contributed by atoms with Crippen LogP contribution in [0.4, 0.5) is 0 Å². The standard InChI is InChI=1S/C21H19IN2O4S/c1-27-20(25)13-24(29-22)12-19-17(21(26)28-2)10-11-18(23-19)16-9-5-7-14-6-3-4-8-15(14)16/h3-11H,12-13H2,1-2H3. The molecule has 0 saturated heterocycles. The van der Waals surface area contributed by atoms with Crippen molar-refractivity contribution in [3.05, 3.63) is 65.9 Å². The van der Waals surface area contributed by atoms with E-state index in [1.807, 2.05) is 48.5 Å². The zero-order valence-electron chi connectivity index (χ0n) is 15.9. The summed E-state index contributed by atoms with van der Waals surface area (Å²) >= 11 is 2.09. The Balaban J connectivity index is 2.05. The molecule has 6 nitrogen and oxygen atoms in total. The number of nitrogens with zero attached hydrogens (tertiary/aromatic N) is 2. The van der Waals surface area contributed by atoms with Crippen molar-refractivity contribution in [1.29, 1.82) is 0 Å². The highest BCUT2D eigenvalue weighted by Crippen LogP contribution is 2.29. The molecule has 3 rings (SSSR count). The monoisotopic (exact) mass is 522 g/mol. The first-order chi connectivity index (χ1) is 14.1. The van der Waals surface area contributed by atoms with E-state index in [9.17, 15) is 9.59 Å². The first-order valence-electron chi connectivity index (χ1n) is 8.74. The number of aromatic nitrogens is 1. The van der Waals surface area contributed by atoms with E-state index >= 15 is 0 Å².